The highest BCUT2D eigenvalue weighted by molar-refractivity contribution is 5.60. The van der Waals surface area contributed by atoms with Crippen LogP contribution >= 0.6 is 0 Å². The van der Waals surface area contributed by atoms with Crippen molar-refractivity contribution in [3.63, 3.8) is 0 Å². The van der Waals surface area contributed by atoms with Crippen LogP contribution in [0.25, 0.3) is 11.4 Å². The molecule has 1 heterocycles. The topological polar surface area (TPSA) is 82.8 Å². The Morgan fingerprint density at radius 3 is 2.60 bits per heavy atom. The summed E-state index contributed by atoms with van der Waals surface area (Å²) in [5, 5.41) is 3.97. The molecule has 78 valence electrons. The first-order valence-electron chi connectivity index (χ1n) is 4.30. The summed E-state index contributed by atoms with van der Waals surface area (Å²) in [7, 11) is 1.64. The van der Waals surface area contributed by atoms with Gasteiger partial charge in [-0.05, 0) is 18.2 Å². The molecule has 15 heavy (non-hydrogen) atoms. The van der Waals surface area contributed by atoms with Gasteiger partial charge in [-0.1, -0.05) is 0 Å². The maximum Gasteiger partial charge on any atom is 0.218 e. The number of halogens is 1. The van der Waals surface area contributed by atoms with Crippen LogP contribution < -0.4 is 11.5 Å². The number of rotatable bonds is 1. The summed E-state index contributed by atoms with van der Waals surface area (Å²) in [6, 6.07) is 4.34. The van der Waals surface area contributed by atoms with Crippen LogP contribution in [-0.2, 0) is 7.05 Å². The summed E-state index contributed by atoms with van der Waals surface area (Å²) >= 11 is 0. The van der Waals surface area contributed by atoms with E-state index in [0.717, 1.165) is 0 Å². The van der Waals surface area contributed by atoms with Crippen LogP contribution in [0.1, 0.15) is 0 Å². The molecule has 0 atom stereocenters. The quantitative estimate of drug-likeness (QED) is 0.677. The van der Waals surface area contributed by atoms with Gasteiger partial charge < -0.3 is 11.5 Å². The van der Waals surface area contributed by atoms with Gasteiger partial charge >= 0.3 is 0 Å². The standard InChI is InChI=1S/C9H10FN5/c1-15-9(12)13-8(14-15)6-3-2-5(11)4-7(6)10/h2-4H,11H2,1H3,(H2,12,13,14). The Balaban J connectivity index is 2.54. The zero-order chi connectivity index (χ0) is 11.0. The Morgan fingerprint density at radius 1 is 1.33 bits per heavy atom. The van der Waals surface area contributed by atoms with E-state index >= 15 is 0 Å². The molecule has 0 saturated heterocycles. The van der Waals surface area contributed by atoms with E-state index in [-0.39, 0.29) is 17.3 Å². The highest BCUT2D eigenvalue weighted by Crippen LogP contribution is 2.21. The van der Waals surface area contributed by atoms with E-state index in [1.165, 1.54) is 16.8 Å². The fraction of sp³-hybridized carbons (Fsp3) is 0.111. The predicted molar refractivity (Wildman–Crippen MR) is 55.2 cm³/mol. The molecule has 4 N–H and O–H groups in total. The molecule has 0 aliphatic heterocycles. The van der Waals surface area contributed by atoms with Crippen molar-refractivity contribution in [3.05, 3.63) is 24.0 Å². The number of anilines is 2. The lowest BCUT2D eigenvalue weighted by Crippen LogP contribution is -1.97. The Morgan fingerprint density at radius 2 is 2.07 bits per heavy atom. The number of hydrogen-bond acceptors (Lipinski definition) is 4. The number of nitrogens with two attached hydrogens (primary N) is 2. The third-order valence-electron chi connectivity index (χ3n) is 2.03. The number of nitrogen functional groups attached to an aromatic ring is 2. The molecule has 0 bridgehead atoms. The molecule has 2 aromatic rings. The highest BCUT2D eigenvalue weighted by atomic mass is 19.1. The second-order valence-corrected chi connectivity index (χ2v) is 3.16. The molecule has 0 fully saturated rings. The van der Waals surface area contributed by atoms with Crippen molar-refractivity contribution in [1.29, 1.82) is 0 Å². The first-order valence-corrected chi connectivity index (χ1v) is 4.30. The van der Waals surface area contributed by atoms with Gasteiger partial charge in [-0.15, -0.1) is 5.10 Å². The zero-order valence-electron chi connectivity index (χ0n) is 8.11. The monoisotopic (exact) mass is 207 g/mol. The molecular weight excluding hydrogens is 197 g/mol. The van der Waals surface area contributed by atoms with Gasteiger partial charge in [-0.2, -0.15) is 4.98 Å². The fourth-order valence-corrected chi connectivity index (χ4v) is 1.22. The van der Waals surface area contributed by atoms with E-state index in [2.05, 4.69) is 10.1 Å². The van der Waals surface area contributed by atoms with Gasteiger partial charge in [0.15, 0.2) is 5.82 Å². The van der Waals surface area contributed by atoms with E-state index in [1.807, 2.05) is 0 Å². The third-order valence-corrected chi connectivity index (χ3v) is 2.03. The molecule has 0 aliphatic rings. The van der Waals surface area contributed by atoms with Gasteiger partial charge in [0.2, 0.25) is 5.95 Å². The second kappa shape index (κ2) is 3.23. The minimum Gasteiger partial charge on any atom is -0.399 e. The van der Waals surface area contributed by atoms with Crippen molar-refractivity contribution in [3.8, 4) is 11.4 Å². The summed E-state index contributed by atoms with van der Waals surface area (Å²) in [5.41, 5.74) is 11.6. The van der Waals surface area contributed by atoms with Gasteiger partial charge in [-0.25, -0.2) is 9.07 Å². The molecule has 5 nitrogen and oxygen atoms in total. The zero-order valence-corrected chi connectivity index (χ0v) is 8.11. The van der Waals surface area contributed by atoms with Crippen LogP contribution in [0.3, 0.4) is 0 Å². The predicted octanol–water partition coefficient (Wildman–Crippen LogP) is 0.786. The Labute approximate surface area is 85.5 Å². The maximum atomic E-state index is 13.5. The van der Waals surface area contributed by atoms with Gasteiger partial charge in [0.05, 0.1) is 5.56 Å². The maximum absolute atomic E-state index is 13.5. The van der Waals surface area contributed by atoms with Crippen LogP contribution in [0.2, 0.25) is 0 Å². The first-order chi connectivity index (χ1) is 7.08. The molecule has 0 unspecified atom stereocenters. The summed E-state index contributed by atoms with van der Waals surface area (Å²) in [5.74, 6) is 0.0364. The van der Waals surface area contributed by atoms with E-state index in [9.17, 15) is 4.39 Å². The number of aromatic nitrogens is 3. The molecule has 2 rings (SSSR count). The van der Waals surface area contributed by atoms with Crippen LogP contribution in [0.5, 0.6) is 0 Å². The first kappa shape index (κ1) is 9.45. The molecule has 0 amide bonds. The minimum absolute atomic E-state index is 0.237. The average molecular weight is 207 g/mol. The fourth-order valence-electron chi connectivity index (χ4n) is 1.22. The summed E-state index contributed by atoms with van der Waals surface area (Å²) in [4.78, 5) is 3.92. The molecular formula is C9H10FN5. The number of hydrogen-bond donors (Lipinski definition) is 2. The van der Waals surface area contributed by atoms with Crippen molar-refractivity contribution >= 4 is 11.6 Å². The van der Waals surface area contributed by atoms with Crippen molar-refractivity contribution in [2.45, 2.75) is 0 Å². The van der Waals surface area contributed by atoms with Crippen molar-refractivity contribution in [2.75, 3.05) is 11.5 Å². The lowest BCUT2D eigenvalue weighted by molar-refractivity contribution is 0.630. The molecule has 6 heteroatoms. The summed E-state index contributed by atoms with van der Waals surface area (Å²) in [6.45, 7) is 0. The van der Waals surface area contributed by atoms with Crippen molar-refractivity contribution in [2.24, 2.45) is 7.05 Å². The molecule has 1 aromatic heterocycles. The molecule has 0 saturated carbocycles. The Hall–Kier alpha value is -2.11. The summed E-state index contributed by atoms with van der Waals surface area (Å²) in [6.07, 6.45) is 0. The van der Waals surface area contributed by atoms with Crippen LogP contribution in [-0.4, -0.2) is 14.8 Å². The average Bonchev–Trinajstić information content (AvgIpc) is 2.46. The van der Waals surface area contributed by atoms with E-state index in [1.54, 1.807) is 13.1 Å². The normalized spacial score (nSPS) is 10.5. The van der Waals surface area contributed by atoms with Crippen molar-refractivity contribution < 1.29 is 4.39 Å². The molecule has 0 spiro atoms. The number of aryl methyl sites for hydroxylation is 1. The van der Waals surface area contributed by atoms with E-state index in [0.29, 0.717) is 5.69 Å². The lowest BCUT2D eigenvalue weighted by Gasteiger charge is -1.98. The number of nitrogens with zero attached hydrogens (tertiary/aromatic N) is 3. The molecule has 1 aromatic carbocycles. The molecule has 0 aliphatic carbocycles. The van der Waals surface area contributed by atoms with Crippen LogP contribution in [0.4, 0.5) is 16.0 Å². The molecule has 0 radical (unpaired) electrons. The minimum atomic E-state index is -0.458. The summed E-state index contributed by atoms with van der Waals surface area (Å²) < 4.78 is 14.8. The van der Waals surface area contributed by atoms with Crippen LogP contribution in [0.15, 0.2) is 18.2 Å². The highest BCUT2D eigenvalue weighted by Gasteiger charge is 2.11. The second-order valence-electron chi connectivity index (χ2n) is 3.16. The SMILES string of the molecule is Cn1nc(-c2ccc(N)cc2F)nc1N. The third kappa shape index (κ3) is 1.61. The lowest BCUT2D eigenvalue weighted by atomic mass is 10.2. The van der Waals surface area contributed by atoms with Crippen molar-refractivity contribution in [1.82, 2.24) is 14.8 Å². The van der Waals surface area contributed by atoms with Gasteiger partial charge in [0.25, 0.3) is 0 Å². The largest absolute Gasteiger partial charge is 0.399 e. The smallest absolute Gasteiger partial charge is 0.218 e. The van der Waals surface area contributed by atoms with Gasteiger partial charge in [-0.3, -0.25) is 0 Å². The number of benzene rings is 1. The van der Waals surface area contributed by atoms with E-state index in [4.69, 9.17) is 11.5 Å². The van der Waals surface area contributed by atoms with Crippen LogP contribution in [0, 0.1) is 5.82 Å². The Bertz CT molecular complexity index is 486. The van der Waals surface area contributed by atoms with Gasteiger partial charge in [0.1, 0.15) is 5.82 Å². The van der Waals surface area contributed by atoms with E-state index < -0.39 is 5.82 Å². The van der Waals surface area contributed by atoms with Gasteiger partial charge in [0, 0.05) is 12.7 Å². The Kier molecular flexibility index (Phi) is 2.03.